The van der Waals surface area contributed by atoms with Gasteiger partial charge in [-0.1, -0.05) is 0 Å². The summed E-state index contributed by atoms with van der Waals surface area (Å²) in [5.41, 5.74) is 0. The average Bonchev–Trinajstić information content (AvgIpc) is 1.64. The molecular formula is C4H10NaO4P. The van der Waals surface area contributed by atoms with Gasteiger partial charge in [0.05, 0.1) is 13.2 Å². The van der Waals surface area contributed by atoms with Crippen LogP contribution in [0.4, 0.5) is 0 Å². The second-order valence-electron chi connectivity index (χ2n) is 1.28. The van der Waals surface area contributed by atoms with Crippen LogP contribution >= 0.6 is 7.82 Å². The molecule has 0 fully saturated rings. The summed E-state index contributed by atoms with van der Waals surface area (Å²) in [4.78, 5) is 10.4. The van der Waals surface area contributed by atoms with E-state index >= 15 is 0 Å². The maximum Gasteiger partial charge on any atom is 1.00 e. The Morgan fingerprint density at radius 2 is 1.60 bits per heavy atom. The zero-order valence-corrected chi connectivity index (χ0v) is 9.39. The van der Waals surface area contributed by atoms with Crippen molar-refractivity contribution in [2.24, 2.45) is 0 Å². The van der Waals surface area contributed by atoms with E-state index in [4.69, 9.17) is 0 Å². The molecule has 0 bridgehead atoms. The first-order chi connectivity index (χ1) is 4.12. The van der Waals surface area contributed by atoms with Gasteiger partial charge in [0.1, 0.15) is 0 Å². The minimum atomic E-state index is -3.94. The number of phosphoric acid groups is 1. The van der Waals surface area contributed by atoms with E-state index in [1.54, 1.807) is 13.8 Å². The van der Waals surface area contributed by atoms with E-state index < -0.39 is 7.82 Å². The van der Waals surface area contributed by atoms with E-state index in [2.05, 4.69) is 9.05 Å². The SMILES string of the molecule is [13CH3][13CH2]OP(=O)([O-])O[13CH2][13CH3].[Na+]. The van der Waals surface area contributed by atoms with Gasteiger partial charge in [0, 0.05) is 0 Å². The Kier molecular flexibility index (Phi) is 9.30. The second-order valence-corrected chi connectivity index (χ2v) is 2.69. The molecule has 4 nitrogen and oxygen atoms in total. The number of phosphoric ester groups is 1. The summed E-state index contributed by atoms with van der Waals surface area (Å²) < 4.78 is 18.9. The zero-order chi connectivity index (χ0) is 7.33. The Bertz CT molecular complexity index is 108. The molecule has 0 atom stereocenters. The molecule has 0 aliphatic heterocycles. The van der Waals surface area contributed by atoms with Gasteiger partial charge in [0.2, 0.25) is 0 Å². The van der Waals surface area contributed by atoms with Gasteiger partial charge in [-0.05, 0) is 13.8 Å². The van der Waals surface area contributed by atoms with Crippen LogP contribution in [0, 0.1) is 0 Å². The Balaban J connectivity index is 0. The van der Waals surface area contributed by atoms with E-state index in [1.165, 1.54) is 0 Å². The first kappa shape index (κ1) is 13.7. The van der Waals surface area contributed by atoms with E-state index in [1.807, 2.05) is 0 Å². The Morgan fingerprint density at radius 1 is 1.30 bits per heavy atom. The molecule has 0 aliphatic carbocycles. The molecule has 0 aromatic rings. The molecule has 0 unspecified atom stereocenters. The maximum absolute atomic E-state index is 10.4. The standard InChI is InChI=1S/C4H11O4P.Na/c1-3-7-9(5,6)8-4-2;/h3-4H2,1-2H3,(H,5,6);/q;+1/p-1/i1+1,2+1,3+1,4+1;. The summed E-state index contributed by atoms with van der Waals surface area (Å²) in [6.07, 6.45) is 0. The van der Waals surface area contributed by atoms with Crippen LogP contribution in [0.1, 0.15) is 13.8 Å². The third kappa shape index (κ3) is 7.22. The summed E-state index contributed by atoms with van der Waals surface area (Å²) in [7, 11) is -3.94. The van der Waals surface area contributed by atoms with Crippen LogP contribution < -0.4 is 34.5 Å². The molecule has 6 heteroatoms. The summed E-state index contributed by atoms with van der Waals surface area (Å²) in [6, 6.07) is 0. The molecule has 0 amide bonds. The van der Waals surface area contributed by atoms with Crippen LogP contribution in [0.2, 0.25) is 0 Å². The van der Waals surface area contributed by atoms with Gasteiger partial charge in [0.15, 0.2) is 0 Å². The predicted molar refractivity (Wildman–Crippen MR) is 30.9 cm³/mol. The predicted octanol–water partition coefficient (Wildman–Crippen LogP) is -2.47. The fraction of sp³-hybridized carbons (Fsp3) is 1.00. The molecular weight excluding hydrogens is 170 g/mol. The minimum absolute atomic E-state index is 0. The topological polar surface area (TPSA) is 58.6 Å². The number of rotatable bonds is 4. The molecule has 0 aromatic carbocycles. The van der Waals surface area contributed by atoms with E-state index in [-0.39, 0.29) is 42.8 Å². The Hall–Kier alpha value is 1.11. The Labute approximate surface area is 82.8 Å². The second kappa shape index (κ2) is 6.80. The third-order valence-corrected chi connectivity index (χ3v) is 1.72. The van der Waals surface area contributed by atoms with E-state index in [0.29, 0.717) is 0 Å². The maximum atomic E-state index is 10.4. The fourth-order valence-electron chi connectivity index (χ4n) is 0.353. The van der Waals surface area contributed by atoms with Gasteiger partial charge in [0.25, 0.3) is 7.82 Å². The fourth-order valence-corrected chi connectivity index (χ4v) is 1.06. The largest absolute Gasteiger partial charge is 1.00 e. The quantitative estimate of drug-likeness (QED) is 0.273. The number of hydrogen-bond acceptors (Lipinski definition) is 4. The summed E-state index contributed by atoms with van der Waals surface area (Å²) in [5.74, 6) is 0. The molecule has 0 radical (unpaired) electrons. The molecule has 56 valence electrons. The van der Waals surface area contributed by atoms with Crippen molar-refractivity contribution in [2.75, 3.05) is 13.2 Å². The van der Waals surface area contributed by atoms with Crippen molar-refractivity contribution in [2.45, 2.75) is 13.8 Å². The van der Waals surface area contributed by atoms with Gasteiger partial charge in [-0.15, -0.1) is 0 Å². The molecule has 0 rings (SSSR count). The first-order valence-electron chi connectivity index (χ1n) is 2.72. The average molecular weight is 180 g/mol. The smallest absolute Gasteiger partial charge is 0.756 e. The van der Waals surface area contributed by atoms with Crippen LogP contribution in [0.15, 0.2) is 0 Å². The molecule has 0 N–H and O–H groups in total. The van der Waals surface area contributed by atoms with Gasteiger partial charge < -0.3 is 13.9 Å². The van der Waals surface area contributed by atoms with Crippen LogP contribution in [-0.4, -0.2) is 13.2 Å². The van der Waals surface area contributed by atoms with Crippen LogP contribution in [-0.2, 0) is 13.6 Å². The normalized spacial score (nSPS) is 10.7. The van der Waals surface area contributed by atoms with Crippen molar-refractivity contribution in [3.8, 4) is 0 Å². The molecule has 0 heterocycles. The van der Waals surface area contributed by atoms with Gasteiger partial charge >= 0.3 is 29.6 Å². The van der Waals surface area contributed by atoms with Crippen molar-refractivity contribution in [1.82, 2.24) is 0 Å². The minimum Gasteiger partial charge on any atom is -0.756 e. The third-order valence-electron chi connectivity index (χ3n) is 0.574. The molecule has 0 saturated heterocycles. The van der Waals surface area contributed by atoms with Crippen molar-refractivity contribution >= 4 is 7.82 Å². The summed E-state index contributed by atoms with van der Waals surface area (Å²) >= 11 is 0. The zero-order valence-electron chi connectivity index (χ0n) is 6.49. The van der Waals surface area contributed by atoms with Gasteiger partial charge in [-0.2, -0.15) is 0 Å². The van der Waals surface area contributed by atoms with Crippen molar-refractivity contribution in [1.29, 1.82) is 0 Å². The molecule has 0 aromatic heterocycles. The summed E-state index contributed by atoms with van der Waals surface area (Å²) in [6.45, 7) is 3.43. The van der Waals surface area contributed by atoms with Gasteiger partial charge in [-0.3, -0.25) is 4.57 Å². The molecule has 0 saturated carbocycles. The molecule has 0 aliphatic rings. The van der Waals surface area contributed by atoms with Crippen molar-refractivity contribution < 1.29 is 48.1 Å². The van der Waals surface area contributed by atoms with Crippen molar-refractivity contribution in [3.05, 3.63) is 0 Å². The van der Waals surface area contributed by atoms with Gasteiger partial charge in [-0.25, -0.2) is 0 Å². The molecule has 0 spiro atoms. The van der Waals surface area contributed by atoms with E-state index in [9.17, 15) is 9.46 Å². The number of hydrogen-bond donors (Lipinski definition) is 0. The van der Waals surface area contributed by atoms with Crippen LogP contribution in [0.3, 0.4) is 0 Å². The van der Waals surface area contributed by atoms with Crippen LogP contribution in [0.25, 0.3) is 0 Å². The Morgan fingerprint density at radius 3 is 1.80 bits per heavy atom. The van der Waals surface area contributed by atoms with E-state index in [0.717, 1.165) is 0 Å². The summed E-state index contributed by atoms with van der Waals surface area (Å²) in [5, 5.41) is 0. The molecule has 10 heavy (non-hydrogen) atoms. The van der Waals surface area contributed by atoms with Crippen LogP contribution in [0.5, 0.6) is 0 Å². The first-order valence-corrected chi connectivity index (χ1v) is 4.18. The van der Waals surface area contributed by atoms with Crippen molar-refractivity contribution in [3.63, 3.8) is 0 Å². The monoisotopic (exact) mass is 180 g/mol.